The van der Waals surface area contributed by atoms with Gasteiger partial charge >= 0.3 is 6.36 Å². The Morgan fingerprint density at radius 3 is 2.22 bits per heavy atom. The number of benzene rings is 2. The summed E-state index contributed by atoms with van der Waals surface area (Å²) in [6.45, 7) is 2.38. The molecule has 0 amide bonds. The van der Waals surface area contributed by atoms with Crippen LogP contribution in [-0.4, -0.2) is 50.2 Å². The molecule has 0 radical (unpaired) electrons. The zero-order valence-electron chi connectivity index (χ0n) is 14.4. The molecule has 2 aromatic carbocycles. The van der Waals surface area contributed by atoms with Crippen molar-refractivity contribution in [3.05, 3.63) is 60.2 Å². The molecule has 9 heteroatoms. The van der Waals surface area contributed by atoms with Crippen molar-refractivity contribution < 1.29 is 26.3 Å². The maximum Gasteiger partial charge on any atom is 0.573 e. The Morgan fingerprint density at radius 1 is 0.926 bits per heavy atom. The Bertz CT molecular complexity index is 865. The van der Waals surface area contributed by atoms with Gasteiger partial charge in [0.15, 0.2) is 0 Å². The number of ether oxygens (including phenoxy) is 1. The van der Waals surface area contributed by atoms with Gasteiger partial charge in [-0.3, -0.25) is 4.90 Å². The number of hydrogen-bond acceptors (Lipinski definition) is 4. The van der Waals surface area contributed by atoms with Gasteiger partial charge in [-0.2, -0.15) is 4.31 Å². The van der Waals surface area contributed by atoms with Gasteiger partial charge in [-0.25, -0.2) is 8.42 Å². The van der Waals surface area contributed by atoms with Crippen LogP contribution in [0.3, 0.4) is 0 Å². The van der Waals surface area contributed by atoms with E-state index in [2.05, 4.69) is 9.64 Å². The van der Waals surface area contributed by atoms with Crippen LogP contribution in [-0.2, 0) is 16.6 Å². The molecule has 0 atom stereocenters. The van der Waals surface area contributed by atoms with E-state index in [1.54, 1.807) is 0 Å². The minimum atomic E-state index is -4.87. The van der Waals surface area contributed by atoms with Crippen molar-refractivity contribution in [2.45, 2.75) is 17.8 Å². The molecule has 0 aliphatic carbocycles. The van der Waals surface area contributed by atoms with Crippen LogP contribution < -0.4 is 4.74 Å². The molecule has 0 N–H and O–H groups in total. The lowest BCUT2D eigenvalue weighted by Crippen LogP contribution is -2.48. The van der Waals surface area contributed by atoms with Crippen molar-refractivity contribution in [3.63, 3.8) is 0 Å². The van der Waals surface area contributed by atoms with E-state index >= 15 is 0 Å². The molecule has 1 heterocycles. The first-order chi connectivity index (χ1) is 12.7. The standard InChI is InChI=1S/C18H19F3N2O3S/c19-18(20,21)26-16-7-4-8-17(13-16)27(24,25)23-11-9-22(10-12-23)14-15-5-2-1-3-6-15/h1-8,13H,9-12,14H2. The lowest BCUT2D eigenvalue weighted by atomic mass is 10.2. The molecule has 0 aromatic heterocycles. The van der Waals surface area contributed by atoms with Gasteiger partial charge < -0.3 is 4.74 Å². The van der Waals surface area contributed by atoms with E-state index in [0.29, 0.717) is 13.1 Å². The molecule has 1 fully saturated rings. The van der Waals surface area contributed by atoms with E-state index in [1.807, 2.05) is 30.3 Å². The number of alkyl halides is 3. The Kier molecular flexibility index (Phi) is 5.73. The largest absolute Gasteiger partial charge is 0.573 e. The fourth-order valence-corrected chi connectivity index (χ4v) is 4.41. The lowest BCUT2D eigenvalue weighted by molar-refractivity contribution is -0.274. The molecule has 1 saturated heterocycles. The number of hydrogen-bond donors (Lipinski definition) is 0. The second-order valence-electron chi connectivity index (χ2n) is 6.19. The van der Waals surface area contributed by atoms with Gasteiger partial charge in [0.2, 0.25) is 10.0 Å². The van der Waals surface area contributed by atoms with Crippen molar-refractivity contribution in [2.24, 2.45) is 0 Å². The highest BCUT2D eigenvalue weighted by Crippen LogP contribution is 2.26. The fraction of sp³-hybridized carbons (Fsp3) is 0.333. The third kappa shape index (κ3) is 5.21. The zero-order valence-corrected chi connectivity index (χ0v) is 15.2. The number of halogens is 3. The molecule has 0 saturated carbocycles. The minimum Gasteiger partial charge on any atom is -0.406 e. The smallest absolute Gasteiger partial charge is 0.406 e. The summed E-state index contributed by atoms with van der Waals surface area (Å²) in [6.07, 6.45) is -4.87. The van der Waals surface area contributed by atoms with E-state index in [-0.39, 0.29) is 18.0 Å². The second kappa shape index (κ2) is 7.87. The highest BCUT2D eigenvalue weighted by atomic mass is 32.2. The topological polar surface area (TPSA) is 49.9 Å². The highest BCUT2D eigenvalue weighted by molar-refractivity contribution is 7.89. The normalized spacial score (nSPS) is 17.0. The maximum absolute atomic E-state index is 12.7. The molecule has 1 aliphatic rings. The van der Waals surface area contributed by atoms with Crippen LogP contribution >= 0.6 is 0 Å². The van der Waals surface area contributed by atoms with E-state index in [0.717, 1.165) is 24.2 Å². The molecule has 1 aliphatic heterocycles. The van der Waals surface area contributed by atoms with Crippen molar-refractivity contribution >= 4 is 10.0 Å². The summed E-state index contributed by atoms with van der Waals surface area (Å²) in [7, 11) is -3.88. The maximum atomic E-state index is 12.7. The summed E-state index contributed by atoms with van der Waals surface area (Å²) in [5, 5.41) is 0. The SMILES string of the molecule is O=S(=O)(c1cccc(OC(F)(F)F)c1)N1CCN(Cc2ccccc2)CC1. The van der Waals surface area contributed by atoms with Crippen LogP contribution in [0.25, 0.3) is 0 Å². The predicted molar refractivity (Wildman–Crippen MR) is 93.6 cm³/mol. The van der Waals surface area contributed by atoms with Gasteiger partial charge in [0.1, 0.15) is 5.75 Å². The molecular weight excluding hydrogens is 381 g/mol. The van der Waals surface area contributed by atoms with Crippen molar-refractivity contribution in [1.29, 1.82) is 0 Å². The van der Waals surface area contributed by atoms with Gasteiger partial charge in [-0.05, 0) is 17.7 Å². The lowest BCUT2D eigenvalue weighted by Gasteiger charge is -2.34. The van der Waals surface area contributed by atoms with Crippen LogP contribution in [0.2, 0.25) is 0 Å². The number of piperazine rings is 1. The molecule has 0 unspecified atom stereocenters. The van der Waals surface area contributed by atoms with E-state index in [1.165, 1.54) is 16.4 Å². The molecular formula is C18H19F3N2O3S. The van der Waals surface area contributed by atoms with Gasteiger partial charge in [-0.15, -0.1) is 13.2 Å². The van der Waals surface area contributed by atoms with Crippen LogP contribution in [0.1, 0.15) is 5.56 Å². The van der Waals surface area contributed by atoms with Crippen molar-refractivity contribution in [2.75, 3.05) is 26.2 Å². The fourth-order valence-electron chi connectivity index (χ4n) is 2.95. The first-order valence-corrected chi connectivity index (χ1v) is 9.80. The average Bonchev–Trinajstić information content (AvgIpc) is 2.62. The summed E-state index contributed by atoms with van der Waals surface area (Å²) in [5.74, 6) is -0.550. The number of nitrogens with zero attached hydrogens (tertiary/aromatic N) is 2. The first-order valence-electron chi connectivity index (χ1n) is 8.36. The highest BCUT2D eigenvalue weighted by Gasteiger charge is 2.33. The number of sulfonamides is 1. The van der Waals surface area contributed by atoms with Crippen LogP contribution in [0, 0.1) is 0 Å². The van der Waals surface area contributed by atoms with Crippen LogP contribution in [0.15, 0.2) is 59.5 Å². The minimum absolute atomic E-state index is 0.208. The molecule has 146 valence electrons. The van der Waals surface area contributed by atoms with Crippen LogP contribution in [0.5, 0.6) is 5.75 Å². The quantitative estimate of drug-likeness (QED) is 0.774. The zero-order chi connectivity index (χ0) is 19.5. The summed E-state index contributed by atoms with van der Waals surface area (Å²) >= 11 is 0. The molecule has 5 nitrogen and oxygen atoms in total. The summed E-state index contributed by atoms with van der Waals surface area (Å²) in [5.41, 5.74) is 1.14. The van der Waals surface area contributed by atoms with E-state index in [9.17, 15) is 21.6 Å². The van der Waals surface area contributed by atoms with E-state index in [4.69, 9.17) is 0 Å². The van der Waals surface area contributed by atoms with Crippen molar-refractivity contribution in [3.8, 4) is 5.75 Å². The Labute approximate surface area is 156 Å². The first kappa shape index (κ1) is 19.7. The van der Waals surface area contributed by atoms with Crippen LogP contribution in [0.4, 0.5) is 13.2 Å². The summed E-state index contributed by atoms with van der Waals surface area (Å²) in [6, 6.07) is 14.3. The van der Waals surface area contributed by atoms with E-state index < -0.39 is 22.1 Å². The second-order valence-corrected chi connectivity index (χ2v) is 8.13. The summed E-state index contributed by atoms with van der Waals surface area (Å²) < 4.78 is 67.7. The third-order valence-corrected chi connectivity index (χ3v) is 6.15. The van der Waals surface area contributed by atoms with Gasteiger partial charge in [0.25, 0.3) is 0 Å². The molecule has 0 spiro atoms. The molecule has 2 aromatic rings. The molecule has 3 rings (SSSR count). The Hall–Kier alpha value is -2.10. The summed E-state index contributed by atoms with van der Waals surface area (Å²) in [4.78, 5) is 1.94. The molecule has 27 heavy (non-hydrogen) atoms. The average molecular weight is 400 g/mol. The van der Waals surface area contributed by atoms with Gasteiger partial charge in [-0.1, -0.05) is 36.4 Å². The molecule has 0 bridgehead atoms. The van der Waals surface area contributed by atoms with Gasteiger partial charge in [0, 0.05) is 38.8 Å². The van der Waals surface area contributed by atoms with Crippen molar-refractivity contribution in [1.82, 2.24) is 9.21 Å². The predicted octanol–water partition coefficient (Wildman–Crippen LogP) is 3.09. The third-order valence-electron chi connectivity index (χ3n) is 4.26. The Balaban J connectivity index is 1.65. The van der Waals surface area contributed by atoms with Gasteiger partial charge in [0.05, 0.1) is 4.90 Å². The Morgan fingerprint density at radius 2 is 1.59 bits per heavy atom. The monoisotopic (exact) mass is 400 g/mol. The number of rotatable bonds is 5.